The van der Waals surface area contributed by atoms with E-state index in [1.165, 1.54) is 5.56 Å². The van der Waals surface area contributed by atoms with E-state index in [4.69, 9.17) is 10.8 Å². The average molecular weight is 264 g/mol. The Bertz CT molecular complexity index is 419. The van der Waals surface area contributed by atoms with Crippen molar-refractivity contribution in [1.29, 1.82) is 0 Å². The zero-order valence-corrected chi connectivity index (χ0v) is 11.8. The van der Waals surface area contributed by atoms with Crippen molar-refractivity contribution in [3.63, 3.8) is 0 Å². The number of benzene rings is 1. The molecule has 4 N–H and O–H groups in total. The fourth-order valence-electron chi connectivity index (χ4n) is 1.94. The quantitative estimate of drug-likeness (QED) is 0.624. The zero-order valence-electron chi connectivity index (χ0n) is 11.8. The first-order chi connectivity index (χ1) is 9.04. The average Bonchev–Trinajstić information content (AvgIpc) is 2.39. The maximum atomic E-state index is 11.0. The largest absolute Gasteiger partial charge is 0.396 e. The van der Waals surface area contributed by atoms with Crippen molar-refractivity contribution >= 4 is 5.91 Å². The Hall–Kier alpha value is -1.39. The molecule has 1 unspecified atom stereocenters. The first-order valence-electron chi connectivity index (χ1n) is 6.75. The molecule has 1 atom stereocenters. The molecule has 106 valence electrons. The van der Waals surface area contributed by atoms with Gasteiger partial charge >= 0.3 is 0 Å². The third-order valence-corrected chi connectivity index (χ3v) is 3.30. The minimum atomic E-state index is -0.388. The van der Waals surface area contributed by atoms with Crippen molar-refractivity contribution in [1.82, 2.24) is 5.32 Å². The molecule has 0 saturated heterocycles. The topological polar surface area (TPSA) is 75.4 Å². The van der Waals surface area contributed by atoms with Crippen molar-refractivity contribution < 1.29 is 9.90 Å². The van der Waals surface area contributed by atoms with Crippen LogP contribution in [-0.4, -0.2) is 24.2 Å². The third kappa shape index (κ3) is 5.41. The van der Waals surface area contributed by atoms with Crippen molar-refractivity contribution in [2.45, 2.75) is 33.2 Å². The molecule has 4 heteroatoms. The van der Waals surface area contributed by atoms with E-state index in [9.17, 15) is 4.79 Å². The van der Waals surface area contributed by atoms with E-state index in [2.05, 4.69) is 5.32 Å². The zero-order chi connectivity index (χ0) is 14.3. The lowest BCUT2D eigenvalue weighted by molar-refractivity contribution is 0.1000. The van der Waals surface area contributed by atoms with Crippen LogP contribution in [0.1, 0.15) is 41.3 Å². The van der Waals surface area contributed by atoms with Gasteiger partial charge in [-0.3, -0.25) is 4.79 Å². The number of primary amides is 1. The molecule has 0 saturated carbocycles. The fourth-order valence-corrected chi connectivity index (χ4v) is 1.94. The molecule has 0 radical (unpaired) electrons. The molecule has 1 rings (SSSR count). The van der Waals surface area contributed by atoms with Gasteiger partial charge in [0.15, 0.2) is 0 Å². The fraction of sp³-hybridized carbons (Fsp3) is 0.533. The normalized spacial score (nSPS) is 12.4. The molecular formula is C15H24N2O2. The van der Waals surface area contributed by atoms with Gasteiger partial charge in [0.1, 0.15) is 0 Å². The SMILES string of the molecule is Cc1cc(C(N)=O)ccc1CNCCCC(C)CO. The van der Waals surface area contributed by atoms with Crippen molar-refractivity contribution in [2.24, 2.45) is 11.7 Å². The van der Waals surface area contributed by atoms with Crippen LogP contribution in [0.2, 0.25) is 0 Å². The molecule has 0 aliphatic heterocycles. The van der Waals surface area contributed by atoms with Crippen LogP contribution < -0.4 is 11.1 Å². The summed E-state index contributed by atoms with van der Waals surface area (Å²) in [7, 11) is 0. The number of hydrogen-bond acceptors (Lipinski definition) is 3. The number of nitrogens with two attached hydrogens (primary N) is 1. The number of nitrogens with one attached hydrogen (secondary N) is 1. The molecule has 4 nitrogen and oxygen atoms in total. The number of aliphatic hydroxyl groups is 1. The molecule has 0 bridgehead atoms. The van der Waals surface area contributed by atoms with Crippen LogP contribution in [0.4, 0.5) is 0 Å². The Morgan fingerprint density at radius 2 is 2.21 bits per heavy atom. The van der Waals surface area contributed by atoms with Crippen LogP contribution in [-0.2, 0) is 6.54 Å². The second-order valence-electron chi connectivity index (χ2n) is 5.11. The minimum absolute atomic E-state index is 0.258. The Morgan fingerprint density at radius 3 is 2.79 bits per heavy atom. The summed E-state index contributed by atoms with van der Waals surface area (Å²) < 4.78 is 0. The summed E-state index contributed by atoms with van der Waals surface area (Å²) >= 11 is 0. The highest BCUT2D eigenvalue weighted by Gasteiger charge is 2.04. The lowest BCUT2D eigenvalue weighted by Crippen LogP contribution is -2.17. The molecule has 0 heterocycles. The predicted molar refractivity (Wildman–Crippen MR) is 76.9 cm³/mol. The highest BCUT2D eigenvalue weighted by atomic mass is 16.3. The maximum absolute atomic E-state index is 11.0. The van der Waals surface area contributed by atoms with Crippen molar-refractivity contribution in [2.75, 3.05) is 13.2 Å². The van der Waals surface area contributed by atoms with Crippen LogP contribution >= 0.6 is 0 Å². The van der Waals surface area contributed by atoms with Gasteiger partial charge in [0.2, 0.25) is 5.91 Å². The Morgan fingerprint density at radius 1 is 1.47 bits per heavy atom. The second-order valence-corrected chi connectivity index (χ2v) is 5.11. The van der Waals surface area contributed by atoms with Gasteiger partial charge in [-0.1, -0.05) is 13.0 Å². The number of rotatable bonds is 8. The number of aliphatic hydroxyl groups excluding tert-OH is 1. The highest BCUT2D eigenvalue weighted by molar-refractivity contribution is 5.93. The molecule has 19 heavy (non-hydrogen) atoms. The number of aryl methyl sites for hydroxylation is 1. The molecule has 0 aliphatic carbocycles. The van der Waals surface area contributed by atoms with Gasteiger partial charge < -0.3 is 16.2 Å². The third-order valence-electron chi connectivity index (χ3n) is 3.30. The summed E-state index contributed by atoms with van der Waals surface area (Å²) in [5.41, 5.74) is 8.05. The van der Waals surface area contributed by atoms with E-state index in [1.54, 1.807) is 6.07 Å². The van der Waals surface area contributed by atoms with E-state index >= 15 is 0 Å². The molecule has 1 amide bonds. The van der Waals surface area contributed by atoms with Gasteiger partial charge in [0.05, 0.1) is 0 Å². The Kier molecular flexibility index (Phi) is 6.53. The van der Waals surface area contributed by atoms with Crippen LogP contribution in [0, 0.1) is 12.8 Å². The predicted octanol–water partition coefficient (Wildman–Crippen LogP) is 1.59. The standard InChI is InChI=1S/C15H24N2O2/c1-11(10-18)4-3-7-17-9-14-6-5-13(15(16)19)8-12(14)2/h5-6,8,11,17-18H,3-4,7,9-10H2,1-2H3,(H2,16,19). The van der Waals surface area contributed by atoms with Gasteiger partial charge in [-0.25, -0.2) is 0 Å². The van der Waals surface area contributed by atoms with Crippen molar-refractivity contribution in [3.8, 4) is 0 Å². The Labute approximate surface area is 115 Å². The van der Waals surface area contributed by atoms with Crippen LogP contribution in [0.5, 0.6) is 0 Å². The number of carbonyl (C=O) groups excluding carboxylic acids is 1. The first-order valence-corrected chi connectivity index (χ1v) is 6.75. The molecule has 0 spiro atoms. The summed E-state index contributed by atoms with van der Waals surface area (Å²) in [5, 5.41) is 12.3. The van der Waals surface area contributed by atoms with Crippen LogP contribution in [0.3, 0.4) is 0 Å². The van der Waals surface area contributed by atoms with Crippen LogP contribution in [0.15, 0.2) is 18.2 Å². The van der Waals surface area contributed by atoms with E-state index in [-0.39, 0.29) is 12.5 Å². The van der Waals surface area contributed by atoms with Gasteiger partial charge in [-0.2, -0.15) is 0 Å². The highest BCUT2D eigenvalue weighted by Crippen LogP contribution is 2.11. The van der Waals surface area contributed by atoms with Crippen molar-refractivity contribution in [3.05, 3.63) is 34.9 Å². The summed E-state index contributed by atoms with van der Waals surface area (Å²) in [4.78, 5) is 11.0. The maximum Gasteiger partial charge on any atom is 0.248 e. The second kappa shape index (κ2) is 7.92. The molecule has 0 aromatic heterocycles. The summed E-state index contributed by atoms with van der Waals surface area (Å²) in [6, 6.07) is 5.53. The molecule has 1 aromatic carbocycles. The van der Waals surface area contributed by atoms with Crippen LogP contribution in [0.25, 0.3) is 0 Å². The monoisotopic (exact) mass is 264 g/mol. The van der Waals surface area contributed by atoms with Gasteiger partial charge in [0, 0.05) is 18.7 Å². The first kappa shape index (κ1) is 15.7. The van der Waals surface area contributed by atoms with Gasteiger partial charge in [0.25, 0.3) is 0 Å². The lowest BCUT2D eigenvalue weighted by Gasteiger charge is -2.10. The molecule has 0 aliphatic rings. The molecule has 1 aromatic rings. The summed E-state index contributed by atoms with van der Waals surface area (Å²) in [6.45, 7) is 6.01. The minimum Gasteiger partial charge on any atom is -0.396 e. The number of amides is 1. The van der Waals surface area contributed by atoms with E-state index in [0.29, 0.717) is 11.5 Å². The smallest absolute Gasteiger partial charge is 0.248 e. The Balaban J connectivity index is 2.35. The lowest BCUT2D eigenvalue weighted by atomic mass is 10.0. The summed E-state index contributed by atoms with van der Waals surface area (Å²) in [5.74, 6) is -0.0148. The number of hydrogen-bond donors (Lipinski definition) is 3. The molecule has 0 fully saturated rings. The van der Waals surface area contributed by atoms with Gasteiger partial charge in [-0.15, -0.1) is 0 Å². The van der Waals surface area contributed by atoms with E-state index in [1.807, 2.05) is 26.0 Å². The van der Waals surface area contributed by atoms with Gasteiger partial charge in [-0.05, 0) is 55.5 Å². The number of carbonyl (C=O) groups is 1. The van der Waals surface area contributed by atoms with E-state index < -0.39 is 0 Å². The molecular weight excluding hydrogens is 240 g/mol. The summed E-state index contributed by atoms with van der Waals surface area (Å²) in [6.07, 6.45) is 2.09. The van der Waals surface area contributed by atoms with E-state index in [0.717, 1.165) is 31.5 Å².